The number of hydrogen-bond donors (Lipinski definition) is 1. The highest BCUT2D eigenvalue weighted by atomic mass is 35.5. The number of anilines is 1. The Bertz CT molecular complexity index is 1230. The third-order valence-corrected chi connectivity index (χ3v) is 7.29. The summed E-state index contributed by atoms with van der Waals surface area (Å²) in [5, 5.41) is 4.08. The smallest absolute Gasteiger partial charge is 0.264 e. The van der Waals surface area contributed by atoms with Gasteiger partial charge >= 0.3 is 0 Å². The number of amides is 1. The molecule has 1 saturated heterocycles. The molecular formula is C27H30ClN3OS. The summed E-state index contributed by atoms with van der Waals surface area (Å²) < 4.78 is 0. The summed E-state index contributed by atoms with van der Waals surface area (Å²) in [7, 11) is 0. The first-order valence-electron chi connectivity index (χ1n) is 11.3. The monoisotopic (exact) mass is 479 g/mol. The van der Waals surface area contributed by atoms with Crippen LogP contribution in [0.4, 0.5) is 11.4 Å². The second kappa shape index (κ2) is 9.03. The first-order chi connectivity index (χ1) is 15.6. The molecule has 2 aromatic rings. The Kier molecular flexibility index (Phi) is 6.47. The van der Waals surface area contributed by atoms with Gasteiger partial charge in [0.1, 0.15) is 0 Å². The second-order valence-corrected chi connectivity index (χ2v) is 10.7. The first-order valence-corrected chi connectivity index (χ1v) is 12.5. The fraction of sp³-hybridized carbons (Fsp3) is 0.333. The summed E-state index contributed by atoms with van der Waals surface area (Å²) >= 11 is 7.48. The average molecular weight is 480 g/mol. The predicted molar refractivity (Wildman–Crippen MR) is 144 cm³/mol. The van der Waals surface area contributed by atoms with Gasteiger partial charge in [-0.25, -0.2) is 4.99 Å². The van der Waals surface area contributed by atoms with Gasteiger partial charge < -0.3 is 10.2 Å². The number of allylic oxidation sites excluding steroid dienone is 1. The minimum Gasteiger partial charge on any atom is -0.362 e. The van der Waals surface area contributed by atoms with E-state index in [9.17, 15) is 4.79 Å². The minimum absolute atomic E-state index is 0.0233. The zero-order chi connectivity index (χ0) is 23.9. The number of nitrogens with one attached hydrogen (secondary N) is 1. The van der Waals surface area contributed by atoms with Crippen LogP contribution in [0.1, 0.15) is 56.4 Å². The third kappa shape index (κ3) is 4.75. The molecule has 0 unspecified atom stereocenters. The number of carbonyl (C=O) groups is 1. The lowest BCUT2D eigenvalue weighted by Crippen LogP contribution is -2.45. The van der Waals surface area contributed by atoms with Crippen LogP contribution in [0.15, 0.2) is 46.3 Å². The van der Waals surface area contributed by atoms with Crippen molar-refractivity contribution in [2.75, 3.05) is 11.4 Å². The van der Waals surface area contributed by atoms with E-state index in [0.29, 0.717) is 15.1 Å². The van der Waals surface area contributed by atoms with Crippen LogP contribution in [0.5, 0.6) is 0 Å². The van der Waals surface area contributed by atoms with E-state index in [2.05, 4.69) is 68.0 Å². The van der Waals surface area contributed by atoms with Gasteiger partial charge in [-0.15, -0.1) is 0 Å². The number of amidine groups is 1. The number of carbonyl (C=O) groups excluding carboxylic acids is 1. The average Bonchev–Trinajstić information content (AvgIpc) is 3.07. The molecule has 0 atom stereocenters. The van der Waals surface area contributed by atoms with Crippen molar-refractivity contribution in [1.82, 2.24) is 5.32 Å². The molecule has 0 radical (unpaired) electrons. The fourth-order valence-corrected chi connectivity index (χ4v) is 5.46. The van der Waals surface area contributed by atoms with Crippen LogP contribution in [0, 0.1) is 13.8 Å². The van der Waals surface area contributed by atoms with Crippen LogP contribution in [-0.2, 0) is 4.79 Å². The van der Waals surface area contributed by atoms with E-state index in [0.717, 1.165) is 35.3 Å². The number of thioether (sulfide) groups is 1. The predicted octanol–water partition coefficient (Wildman–Crippen LogP) is 7.26. The number of benzene rings is 2. The maximum atomic E-state index is 12.7. The SMILES string of the molecule is CCCN1c2cc(C)c(/C=C3/SC(=Nc4cc(Cl)ccc4C)NC3=O)cc2C(C)=CC1(C)C. The number of hydrogen-bond acceptors (Lipinski definition) is 4. The fourth-order valence-electron chi connectivity index (χ4n) is 4.47. The van der Waals surface area contributed by atoms with Crippen LogP contribution in [0.2, 0.25) is 5.02 Å². The van der Waals surface area contributed by atoms with E-state index in [4.69, 9.17) is 11.6 Å². The summed E-state index contributed by atoms with van der Waals surface area (Å²) in [5.41, 5.74) is 7.71. The molecule has 4 nitrogen and oxygen atoms in total. The van der Waals surface area contributed by atoms with Gasteiger partial charge in [0, 0.05) is 22.8 Å². The van der Waals surface area contributed by atoms with Crippen molar-refractivity contribution < 1.29 is 4.79 Å². The van der Waals surface area contributed by atoms with E-state index in [1.807, 2.05) is 31.2 Å². The van der Waals surface area contributed by atoms with Gasteiger partial charge in [0.25, 0.3) is 5.91 Å². The summed E-state index contributed by atoms with van der Waals surface area (Å²) in [4.78, 5) is 20.4. The quantitative estimate of drug-likeness (QED) is 0.469. The second-order valence-electron chi connectivity index (χ2n) is 9.27. The Labute approximate surface area is 205 Å². The Balaban J connectivity index is 1.69. The molecule has 33 heavy (non-hydrogen) atoms. The molecule has 1 N–H and O–H groups in total. The molecule has 0 aromatic heterocycles. The van der Waals surface area contributed by atoms with E-state index in [1.165, 1.54) is 28.6 Å². The zero-order valence-corrected chi connectivity index (χ0v) is 21.6. The number of rotatable bonds is 4. The number of aryl methyl sites for hydroxylation is 2. The highest BCUT2D eigenvalue weighted by molar-refractivity contribution is 8.18. The van der Waals surface area contributed by atoms with Crippen LogP contribution in [-0.4, -0.2) is 23.2 Å². The molecule has 0 spiro atoms. The van der Waals surface area contributed by atoms with Crippen LogP contribution in [0.3, 0.4) is 0 Å². The van der Waals surface area contributed by atoms with E-state index >= 15 is 0 Å². The highest BCUT2D eigenvalue weighted by Crippen LogP contribution is 2.41. The van der Waals surface area contributed by atoms with E-state index in [-0.39, 0.29) is 11.4 Å². The maximum Gasteiger partial charge on any atom is 0.264 e. The molecule has 0 aliphatic carbocycles. The molecule has 172 valence electrons. The molecule has 1 amide bonds. The lowest BCUT2D eigenvalue weighted by Gasteiger charge is -2.43. The summed E-state index contributed by atoms with van der Waals surface area (Å²) in [6.45, 7) is 14.0. The van der Waals surface area contributed by atoms with Crippen molar-refractivity contribution in [2.45, 2.75) is 53.5 Å². The van der Waals surface area contributed by atoms with Gasteiger partial charge in [-0.1, -0.05) is 30.7 Å². The number of halogens is 1. The molecule has 0 bridgehead atoms. The lowest BCUT2D eigenvalue weighted by atomic mass is 9.86. The Morgan fingerprint density at radius 1 is 1.15 bits per heavy atom. The van der Waals surface area contributed by atoms with Gasteiger partial charge in [0.05, 0.1) is 16.1 Å². The van der Waals surface area contributed by atoms with E-state index in [1.54, 1.807) is 0 Å². The molecule has 6 heteroatoms. The van der Waals surface area contributed by atoms with Gasteiger partial charge in [-0.05, 0) is 105 Å². The van der Waals surface area contributed by atoms with Crippen molar-refractivity contribution in [2.24, 2.45) is 4.99 Å². The lowest BCUT2D eigenvalue weighted by molar-refractivity contribution is -0.115. The molecular weight excluding hydrogens is 450 g/mol. The first kappa shape index (κ1) is 23.7. The molecule has 1 fully saturated rings. The number of nitrogens with zero attached hydrogens (tertiary/aromatic N) is 2. The van der Waals surface area contributed by atoms with E-state index < -0.39 is 0 Å². The largest absolute Gasteiger partial charge is 0.362 e. The van der Waals surface area contributed by atoms with Crippen LogP contribution in [0.25, 0.3) is 11.6 Å². The van der Waals surface area contributed by atoms with Crippen molar-refractivity contribution in [3.05, 3.63) is 68.6 Å². The normalized spacial score (nSPS) is 19.7. The standard InChI is InChI=1S/C27H30ClN3OS/c1-7-10-31-23-11-17(3)19(12-21(23)18(4)15-27(31,5)6)13-24-25(32)30-26(33-24)29-22-14-20(28)9-8-16(22)2/h8-9,11-15H,7,10H2,1-6H3,(H,29,30,32)/b24-13+. The summed E-state index contributed by atoms with van der Waals surface area (Å²) in [5.74, 6) is -0.128. The molecule has 2 heterocycles. The third-order valence-electron chi connectivity index (χ3n) is 6.14. The molecule has 2 aliphatic heterocycles. The summed E-state index contributed by atoms with van der Waals surface area (Å²) in [6.07, 6.45) is 5.40. The molecule has 2 aliphatic rings. The zero-order valence-electron chi connectivity index (χ0n) is 20.0. The molecule has 2 aromatic carbocycles. The molecule has 4 rings (SSSR count). The maximum absolute atomic E-state index is 12.7. The number of fused-ring (bicyclic) bond motifs is 1. The van der Waals surface area contributed by atoms with Crippen molar-refractivity contribution in [3.63, 3.8) is 0 Å². The minimum atomic E-state index is -0.128. The Morgan fingerprint density at radius 3 is 2.64 bits per heavy atom. The van der Waals surface area contributed by atoms with Crippen LogP contribution >= 0.6 is 23.4 Å². The van der Waals surface area contributed by atoms with Gasteiger partial charge in [0.2, 0.25) is 0 Å². The van der Waals surface area contributed by atoms with Gasteiger partial charge in [0.15, 0.2) is 5.17 Å². The van der Waals surface area contributed by atoms with Crippen LogP contribution < -0.4 is 10.2 Å². The van der Waals surface area contributed by atoms with Gasteiger partial charge in [-0.3, -0.25) is 4.79 Å². The number of aliphatic imine (C=N–C) groups is 1. The van der Waals surface area contributed by atoms with Crippen molar-refractivity contribution in [1.29, 1.82) is 0 Å². The van der Waals surface area contributed by atoms with Crippen molar-refractivity contribution in [3.8, 4) is 0 Å². The highest BCUT2D eigenvalue weighted by Gasteiger charge is 2.31. The Hall–Kier alpha value is -2.50. The van der Waals surface area contributed by atoms with Gasteiger partial charge in [-0.2, -0.15) is 0 Å². The topological polar surface area (TPSA) is 44.7 Å². The summed E-state index contributed by atoms with van der Waals surface area (Å²) in [6, 6.07) is 10.0. The Morgan fingerprint density at radius 2 is 1.91 bits per heavy atom. The molecule has 0 saturated carbocycles. The van der Waals surface area contributed by atoms with Crippen molar-refractivity contribution >= 4 is 57.5 Å².